The van der Waals surface area contributed by atoms with Gasteiger partial charge >= 0.3 is 5.97 Å². The van der Waals surface area contributed by atoms with Crippen LogP contribution in [-0.2, 0) is 9.53 Å². The summed E-state index contributed by atoms with van der Waals surface area (Å²) in [6.07, 6.45) is 0. The number of rotatable bonds is 3. The number of carboxylic acids is 1. The summed E-state index contributed by atoms with van der Waals surface area (Å²) in [5.41, 5.74) is 2.13. The zero-order valence-electron chi connectivity index (χ0n) is 12.6. The number of aryl methyl sites for hydroxylation is 1. The molecule has 7 heteroatoms. The number of thiazole rings is 1. The number of nitrogens with zero attached hydrogens (tertiary/aromatic N) is 2. The van der Waals surface area contributed by atoms with Crippen molar-refractivity contribution in [2.45, 2.75) is 13.0 Å². The van der Waals surface area contributed by atoms with E-state index < -0.39 is 12.0 Å². The van der Waals surface area contributed by atoms with Crippen molar-refractivity contribution >= 4 is 23.2 Å². The SMILES string of the molecule is Cc1nc(-c2cccc(C(=O)N3CCOCC3C(=O)O)c2)cs1. The fourth-order valence-corrected chi connectivity index (χ4v) is 3.15. The van der Waals surface area contributed by atoms with Gasteiger partial charge in [-0.2, -0.15) is 0 Å². The third-order valence-electron chi connectivity index (χ3n) is 3.70. The minimum Gasteiger partial charge on any atom is -0.480 e. The number of carboxylic acid groups (broad SMARTS) is 1. The van der Waals surface area contributed by atoms with E-state index in [1.54, 1.807) is 29.5 Å². The molecule has 0 spiro atoms. The van der Waals surface area contributed by atoms with E-state index in [1.807, 2.05) is 18.4 Å². The van der Waals surface area contributed by atoms with Crippen LogP contribution in [-0.4, -0.2) is 52.7 Å². The highest BCUT2D eigenvalue weighted by Gasteiger charge is 2.33. The van der Waals surface area contributed by atoms with Crippen molar-refractivity contribution in [2.24, 2.45) is 0 Å². The van der Waals surface area contributed by atoms with E-state index in [9.17, 15) is 14.7 Å². The van der Waals surface area contributed by atoms with Crippen LogP contribution in [0.3, 0.4) is 0 Å². The Labute approximate surface area is 137 Å². The fourth-order valence-electron chi connectivity index (χ4n) is 2.52. The van der Waals surface area contributed by atoms with Gasteiger partial charge in [0.1, 0.15) is 0 Å². The summed E-state index contributed by atoms with van der Waals surface area (Å²) in [6, 6.07) is 6.18. The first-order chi connectivity index (χ1) is 11.1. The molecule has 2 aromatic rings. The van der Waals surface area contributed by atoms with Gasteiger partial charge in [0.25, 0.3) is 5.91 Å². The molecule has 0 aliphatic carbocycles. The van der Waals surface area contributed by atoms with Crippen LogP contribution in [0.2, 0.25) is 0 Å². The summed E-state index contributed by atoms with van der Waals surface area (Å²) in [5, 5.41) is 12.1. The molecule has 120 valence electrons. The van der Waals surface area contributed by atoms with Crippen molar-refractivity contribution in [3.05, 3.63) is 40.2 Å². The third-order valence-corrected chi connectivity index (χ3v) is 4.47. The number of aliphatic carboxylic acids is 1. The molecule has 1 aromatic heterocycles. The Bertz CT molecular complexity index is 743. The van der Waals surface area contributed by atoms with E-state index in [0.29, 0.717) is 12.2 Å². The second-order valence-electron chi connectivity index (χ2n) is 5.26. The Kier molecular flexibility index (Phi) is 4.40. The van der Waals surface area contributed by atoms with Crippen molar-refractivity contribution in [3.8, 4) is 11.3 Å². The van der Waals surface area contributed by atoms with Gasteiger partial charge in [0.15, 0.2) is 6.04 Å². The molecule has 1 unspecified atom stereocenters. The molecular formula is C16H16N2O4S. The number of carbonyl (C=O) groups excluding carboxylic acids is 1. The first-order valence-electron chi connectivity index (χ1n) is 7.20. The highest BCUT2D eigenvalue weighted by atomic mass is 32.1. The summed E-state index contributed by atoms with van der Waals surface area (Å²) in [7, 11) is 0. The largest absolute Gasteiger partial charge is 0.480 e. The molecule has 23 heavy (non-hydrogen) atoms. The maximum atomic E-state index is 12.7. The van der Waals surface area contributed by atoms with Crippen molar-refractivity contribution in [1.82, 2.24) is 9.88 Å². The number of hydrogen-bond donors (Lipinski definition) is 1. The maximum absolute atomic E-state index is 12.7. The molecule has 1 N–H and O–H groups in total. The standard InChI is InChI=1S/C16H16N2O4S/c1-10-17-13(9-23-10)11-3-2-4-12(7-11)15(19)18-5-6-22-8-14(18)16(20)21/h2-4,7,9,14H,5-6,8H2,1H3,(H,20,21). The lowest BCUT2D eigenvalue weighted by Crippen LogP contribution is -2.52. The van der Waals surface area contributed by atoms with Gasteiger partial charge in [-0.25, -0.2) is 9.78 Å². The maximum Gasteiger partial charge on any atom is 0.328 e. The highest BCUT2D eigenvalue weighted by molar-refractivity contribution is 7.09. The van der Waals surface area contributed by atoms with E-state index in [4.69, 9.17) is 4.74 Å². The minimum absolute atomic E-state index is 0.0199. The zero-order chi connectivity index (χ0) is 16.4. The van der Waals surface area contributed by atoms with Crippen LogP contribution in [0.4, 0.5) is 0 Å². The first-order valence-corrected chi connectivity index (χ1v) is 8.08. The molecule has 3 rings (SSSR count). The van der Waals surface area contributed by atoms with Crippen LogP contribution in [0.25, 0.3) is 11.3 Å². The van der Waals surface area contributed by atoms with Crippen molar-refractivity contribution in [1.29, 1.82) is 0 Å². The van der Waals surface area contributed by atoms with Gasteiger partial charge in [0, 0.05) is 23.1 Å². The Morgan fingerprint density at radius 1 is 1.43 bits per heavy atom. The predicted octanol–water partition coefficient (Wildman–Crippen LogP) is 2.04. The Morgan fingerprint density at radius 2 is 2.26 bits per heavy atom. The van der Waals surface area contributed by atoms with E-state index in [-0.39, 0.29) is 19.1 Å². The van der Waals surface area contributed by atoms with Crippen molar-refractivity contribution < 1.29 is 19.4 Å². The number of hydrogen-bond acceptors (Lipinski definition) is 5. The van der Waals surface area contributed by atoms with Gasteiger partial charge in [-0.1, -0.05) is 12.1 Å². The smallest absolute Gasteiger partial charge is 0.328 e. The minimum atomic E-state index is -1.05. The van der Waals surface area contributed by atoms with Gasteiger partial charge in [-0.15, -0.1) is 11.3 Å². The molecule has 0 bridgehead atoms. The predicted molar refractivity (Wildman–Crippen MR) is 85.6 cm³/mol. The Morgan fingerprint density at radius 3 is 2.96 bits per heavy atom. The summed E-state index contributed by atoms with van der Waals surface area (Å²) >= 11 is 1.55. The second kappa shape index (κ2) is 6.47. The van der Waals surface area contributed by atoms with Crippen LogP contribution in [0, 0.1) is 6.92 Å². The second-order valence-corrected chi connectivity index (χ2v) is 6.32. The average molecular weight is 332 g/mol. The Hall–Kier alpha value is -2.25. The molecule has 6 nitrogen and oxygen atoms in total. The Balaban J connectivity index is 1.88. The molecule has 1 amide bonds. The molecule has 1 aromatic carbocycles. The topological polar surface area (TPSA) is 79.7 Å². The molecule has 1 saturated heterocycles. The van der Waals surface area contributed by atoms with E-state index in [1.165, 1.54) is 4.90 Å². The molecule has 1 aliphatic heterocycles. The molecule has 1 atom stereocenters. The normalized spacial score (nSPS) is 18.0. The van der Waals surface area contributed by atoms with Gasteiger partial charge in [0.05, 0.1) is 23.9 Å². The lowest BCUT2D eigenvalue weighted by atomic mass is 10.1. The first kappa shape index (κ1) is 15.6. The molecule has 1 fully saturated rings. The number of amides is 1. The van der Waals surface area contributed by atoms with E-state index in [2.05, 4.69) is 4.98 Å². The lowest BCUT2D eigenvalue weighted by molar-refractivity contribution is -0.147. The summed E-state index contributed by atoms with van der Waals surface area (Å²) in [4.78, 5) is 29.8. The van der Waals surface area contributed by atoms with Crippen molar-refractivity contribution in [2.75, 3.05) is 19.8 Å². The fraction of sp³-hybridized carbons (Fsp3) is 0.312. The van der Waals surface area contributed by atoms with Crippen LogP contribution < -0.4 is 0 Å². The van der Waals surface area contributed by atoms with Gasteiger partial charge in [-0.3, -0.25) is 4.79 Å². The number of ether oxygens (including phenoxy) is 1. The highest BCUT2D eigenvalue weighted by Crippen LogP contribution is 2.23. The number of aromatic nitrogens is 1. The number of carbonyl (C=O) groups is 2. The summed E-state index contributed by atoms with van der Waals surface area (Å²) in [5.74, 6) is -1.35. The number of morpholine rings is 1. The van der Waals surface area contributed by atoms with Crippen molar-refractivity contribution in [3.63, 3.8) is 0 Å². The van der Waals surface area contributed by atoms with Gasteiger partial charge in [0.2, 0.25) is 0 Å². The molecule has 0 saturated carbocycles. The molecule has 1 aliphatic rings. The molecular weight excluding hydrogens is 316 g/mol. The van der Waals surface area contributed by atoms with Crippen LogP contribution in [0.5, 0.6) is 0 Å². The average Bonchev–Trinajstić information content (AvgIpc) is 3.01. The number of benzene rings is 1. The van der Waals surface area contributed by atoms with Crippen LogP contribution in [0.1, 0.15) is 15.4 Å². The quantitative estimate of drug-likeness (QED) is 0.930. The monoisotopic (exact) mass is 332 g/mol. The van der Waals surface area contributed by atoms with Crippen LogP contribution >= 0.6 is 11.3 Å². The van der Waals surface area contributed by atoms with Gasteiger partial charge < -0.3 is 14.7 Å². The van der Waals surface area contributed by atoms with Crippen LogP contribution in [0.15, 0.2) is 29.6 Å². The summed E-state index contributed by atoms with van der Waals surface area (Å²) in [6.45, 7) is 2.57. The van der Waals surface area contributed by atoms with E-state index in [0.717, 1.165) is 16.3 Å². The van der Waals surface area contributed by atoms with Gasteiger partial charge in [-0.05, 0) is 19.1 Å². The van der Waals surface area contributed by atoms with E-state index >= 15 is 0 Å². The lowest BCUT2D eigenvalue weighted by Gasteiger charge is -2.32. The molecule has 2 heterocycles. The summed E-state index contributed by atoms with van der Waals surface area (Å²) < 4.78 is 5.17. The zero-order valence-corrected chi connectivity index (χ0v) is 13.4. The molecule has 0 radical (unpaired) electrons. The third kappa shape index (κ3) is 3.25.